The van der Waals surface area contributed by atoms with Crippen molar-refractivity contribution in [2.75, 3.05) is 19.8 Å². The van der Waals surface area contributed by atoms with Crippen LogP contribution in [0.25, 0.3) is 11.1 Å². The van der Waals surface area contributed by atoms with Gasteiger partial charge in [0.25, 0.3) is 0 Å². The summed E-state index contributed by atoms with van der Waals surface area (Å²) in [7, 11) is 0. The predicted octanol–water partition coefficient (Wildman–Crippen LogP) is 3.36. The van der Waals surface area contributed by atoms with Gasteiger partial charge in [-0.1, -0.05) is 54.6 Å². The molecule has 0 amide bonds. The first-order chi connectivity index (χ1) is 10.8. The lowest BCUT2D eigenvalue weighted by molar-refractivity contribution is -0.138. The van der Waals surface area contributed by atoms with Crippen LogP contribution in [0, 0.1) is 0 Å². The molecule has 0 fully saturated rings. The highest BCUT2D eigenvalue weighted by atomic mass is 16.5. The molecule has 0 aliphatic rings. The summed E-state index contributed by atoms with van der Waals surface area (Å²) in [6.45, 7) is 1.62. The maximum absolute atomic E-state index is 10.3. The molecule has 2 rings (SSSR count). The van der Waals surface area contributed by atoms with Gasteiger partial charge >= 0.3 is 5.97 Å². The number of carboxylic acid groups (broad SMARTS) is 1. The average molecular weight is 300 g/mol. The normalized spacial score (nSPS) is 10.5. The maximum atomic E-state index is 10.3. The molecule has 2 aromatic carbocycles. The van der Waals surface area contributed by atoms with E-state index in [1.54, 1.807) is 0 Å². The molecular formula is C18H20O4. The van der Waals surface area contributed by atoms with Crippen LogP contribution >= 0.6 is 0 Å². The Morgan fingerprint density at radius 2 is 1.45 bits per heavy atom. The van der Waals surface area contributed by atoms with E-state index in [9.17, 15) is 4.79 Å². The van der Waals surface area contributed by atoms with Gasteiger partial charge in [-0.05, 0) is 16.7 Å². The predicted molar refractivity (Wildman–Crippen MR) is 84.6 cm³/mol. The van der Waals surface area contributed by atoms with Gasteiger partial charge in [0, 0.05) is 0 Å². The maximum Gasteiger partial charge on any atom is 0.305 e. The lowest BCUT2D eigenvalue weighted by atomic mass is 10.0. The van der Waals surface area contributed by atoms with Gasteiger partial charge in [-0.2, -0.15) is 0 Å². The first-order valence-electron chi connectivity index (χ1n) is 7.27. The quantitative estimate of drug-likeness (QED) is 0.721. The van der Waals surface area contributed by atoms with Crippen LogP contribution in [0.5, 0.6) is 0 Å². The fourth-order valence-electron chi connectivity index (χ4n) is 1.99. The summed E-state index contributed by atoms with van der Waals surface area (Å²) in [6.07, 6.45) is 0.0287. The molecule has 0 bridgehead atoms. The third-order valence-corrected chi connectivity index (χ3v) is 3.16. The third kappa shape index (κ3) is 5.68. The molecule has 0 aliphatic carbocycles. The molecule has 0 heterocycles. The highest BCUT2D eigenvalue weighted by molar-refractivity contribution is 5.66. The van der Waals surface area contributed by atoms with Gasteiger partial charge in [0.1, 0.15) is 0 Å². The topological polar surface area (TPSA) is 55.8 Å². The van der Waals surface area contributed by atoms with Crippen LogP contribution in [0.1, 0.15) is 12.0 Å². The molecular weight excluding hydrogens is 280 g/mol. The second kappa shape index (κ2) is 8.97. The summed E-state index contributed by atoms with van der Waals surface area (Å²) in [5.74, 6) is -0.848. The van der Waals surface area contributed by atoms with Gasteiger partial charge in [0.2, 0.25) is 0 Å². The molecule has 0 atom stereocenters. The summed E-state index contributed by atoms with van der Waals surface area (Å²) in [4.78, 5) is 10.3. The molecule has 2 aromatic rings. The first kappa shape index (κ1) is 16.2. The molecule has 4 nitrogen and oxygen atoms in total. The lowest BCUT2D eigenvalue weighted by Crippen LogP contribution is -2.08. The fraction of sp³-hybridized carbons (Fsp3) is 0.278. The third-order valence-electron chi connectivity index (χ3n) is 3.16. The van der Waals surface area contributed by atoms with E-state index in [0.29, 0.717) is 19.8 Å². The van der Waals surface area contributed by atoms with Crippen molar-refractivity contribution in [2.45, 2.75) is 13.0 Å². The van der Waals surface area contributed by atoms with Crippen molar-refractivity contribution < 1.29 is 19.4 Å². The highest BCUT2D eigenvalue weighted by Gasteiger charge is 1.99. The Bertz CT molecular complexity index is 563. The number of carboxylic acids is 1. The van der Waals surface area contributed by atoms with E-state index in [4.69, 9.17) is 14.6 Å². The molecule has 4 heteroatoms. The number of aliphatic carboxylic acids is 1. The number of rotatable bonds is 9. The zero-order valence-electron chi connectivity index (χ0n) is 12.4. The molecule has 0 aromatic heterocycles. The molecule has 0 aliphatic heterocycles. The summed E-state index contributed by atoms with van der Waals surface area (Å²) >= 11 is 0. The summed E-state index contributed by atoms with van der Waals surface area (Å²) in [5.41, 5.74) is 3.48. The minimum atomic E-state index is -0.848. The summed E-state index contributed by atoms with van der Waals surface area (Å²) in [6, 6.07) is 18.5. The van der Waals surface area contributed by atoms with Crippen LogP contribution in [0.3, 0.4) is 0 Å². The van der Waals surface area contributed by atoms with Crippen LogP contribution in [-0.2, 0) is 20.9 Å². The zero-order chi connectivity index (χ0) is 15.6. The Balaban J connectivity index is 1.68. The van der Waals surface area contributed by atoms with E-state index >= 15 is 0 Å². The van der Waals surface area contributed by atoms with E-state index < -0.39 is 5.97 Å². The Kier molecular flexibility index (Phi) is 6.61. The van der Waals surface area contributed by atoms with Crippen LogP contribution in [-0.4, -0.2) is 30.9 Å². The smallest absolute Gasteiger partial charge is 0.305 e. The monoisotopic (exact) mass is 300 g/mol. The minimum Gasteiger partial charge on any atom is -0.481 e. The average Bonchev–Trinajstić information content (AvgIpc) is 2.55. The van der Waals surface area contributed by atoms with Gasteiger partial charge in [0.15, 0.2) is 0 Å². The van der Waals surface area contributed by atoms with Gasteiger partial charge < -0.3 is 14.6 Å². The van der Waals surface area contributed by atoms with Crippen molar-refractivity contribution in [3.63, 3.8) is 0 Å². The fourth-order valence-corrected chi connectivity index (χ4v) is 1.99. The van der Waals surface area contributed by atoms with Crippen LogP contribution in [0.2, 0.25) is 0 Å². The standard InChI is InChI=1S/C18H20O4/c19-18(20)10-11-21-12-13-22-14-15-6-8-17(9-7-15)16-4-2-1-3-5-16/h1-9H,10-14H2,(H,19,20). The van der Waals surface area contributed by atoms with E-state index in [1.807, 2.05) is 30.3 Å². The number of ether oxygens (including phenoxy) is 2. The van der Waals surface area contributed by atoms with Gasteiger partial charge in [-0.15, -0.1) is 0 Å². The first-order valence-corrected chi connectivity index (χ1v) is 7.27. The van der Waals surface area contributed by atoms with Crippen molar-refractivity contribution >= 4 is 5.97 Å². The van der Waals surface area contributed by atoms with Crippen molar-refractivity contribution in [1.29, 1.82) is 0 Å². The van der Waals surface area contributed by atoms with Crippen LogP contribution < -0.4 is 0 Å². The van der Waals surface area contributed by atoms with E-state index in [0.717, 1.165) is 5.56 Å². The largest absolute Gasteiger partial charge is 0.481 e. The molecule has 116 valence electrons. The molecule has 22 heavy (non-hydrogen) atoms. The van der Waals surface area contributed by atoms with Crippen molar-refractivity contribution in [3.05, 3.63) is 60.2 Å². The molecule has 0 radical (unpaired) electrons. The highest BCUT2D eigenvalue weighted by Crippen LogP contribution is 2.19. The second-order valence-corrected chi connectivity index (χ2v) is 4.87. The Morgan fingerprint density at radius 3 is 2.14 bits per heavy atom. The van der Waals surface area contributed by atoms with Gasteiger partial charge in [0.05, 0.1) is 32.8 Å². The molecule has 1 N–H and O–H groups in total. The molecule has 0 unspecified atom stereocenters. The number of carbonyl (C=O) groups is 1. The zero-order valence-corrected chi connectivity index (χ0v) is 12.4. The Morgan fingerprint density at radius 1 is 0.818 bits per heavy atom. The van der Waals surface area contributed by atoms with Crippen molar-refractivity contribution in [2.24, 2.45) is 0 Å². The second-order valence-electron chi connectivity index (χ2n) is 4.87. The summed E-state index contributed by atoms with van der Waals surface area (Å²) in [5, 5.41) is 8.46. The Labute approximate surface area is 130 Å². The number of benzene rings is 2. The van der Waals surface area contributed by atoms with Gasteiger partial charge in [-0.3, -0.25) is 4.79 Å². The van der Waals surface area contributed by atoms with E-state index in [1.165, 1.54) is 11.1 Å². The SMILES string of the molecule is O=C(O)CCOCCOCc1ccc(-c2ccccc2)cc1. The van der Waals surface area contributed by atoms with Crippen LogP contribution in [0.4, 0.5) is 0 Å². The van der Waals surface area contributed by atoms with E-state index in [-0.39, 0.29) is 13.0 Å². The van der Waals surface area contributed by atoms with Crippen LogP contribution in [0.15, 0.2) is 54.6 Å². The number of hydrogen-bond donors (Lipinski definition) is 1. The molecule has 0 saturated heterocycles. The molecule has 0 saturated carbocycles. The minimum absolute atomic E-state index is 0.0287. The number of hydrogen-bond acceptors (Lipinski definition) is 3. The summed E-state index contributed by atoms with van der Waals surface area (Å²) < 4.78 is 10.7. The van der Waals surface area contributed by atoms with Gasteiger partial charge in [-0.25, -0.2) is 0 Å². The lowest BCUT2D eigenvalue weighted by Gasteiger charge is -2.06. The van der Waals surface area contributed by atoms with Crippen molar-refractivity contribution in [3.8, 4) is 11.1 Å². The Hall–Kier alpha value is -2.17. The van der Waals surface area contributed by atoms with E-state index in [2.05, 4.69) is 24.3 Å². The van der Waals surface area contributed by atoms with Crippen molar-refractivity contribution in [1.82, 2.24) is 0 Å². The molecule has 0 spiro atoms.